The molecule has 2 aliphatic heterocycles. The van der Waals surface area contributed by atoms with E-state index in [4.69, 9.17) is 9.47 Å². The molecule has 3 heterocycles. The molecule has 1 aromatic heterocycles. The van der Waals surface area contributed by atoms with E-state index in [0.717, 1.165) is 44.1 Å². The van der Waals surface area contributed by atoms with E-state index in [2.05, 4.69) is 16.8 Å². The minimum absolute atomic E-state index is 0.0373. The average molecular weight is 489 g/mol. The highest BCUT2D eigenvalue weighted by Gasteiger charge is 2.32. The van der Waals surface area contributed by atoms with Crippen molar-refractivity contribution < 1.29 is 19.2 Å². The zero-order chi connectivity index (χ0) is 24.1. The summed E-state index contributed by atoms with van der Waals surface area (Å²) in [4.78, 5) is 33.2. The van der Waals surface area contributed by atoms with Gasteiger partial charge >= 0.3 is 0 Å². The number of hydrogen-bond donors (Lipinski definition) is 0. The molecule has 2 saturated heterocycles. The van der Waals surface area contributed by atoms with Gasteiger partial charge in [-0.1, -0.05) is 6.92 Å². The van der Waals surface area contributed by atoms with Gasteiger partial charge in [0.05, 0.1) is 29.3 Å². The number of nitro groups is 1. The monoisotopic (exact) mass is 488 g/mol. The smallest absolute Gasteiger partial charge is 0.286 e. The lowest BCUT2D eigenvalue weighted by Crippen LogP contribution is -2.45. The number of rotatable bonds is 8. The van der Waals surface area contributed by atoms with Crippen LogP contribution in [0.3, 0.4) is 0 Å². The lowest BCUT2D eigenvalue weighted by molar-refractivity contribution is -0.385. The van der Waals surface area contributed by atoms with Crippen LogP contribution >= 0.6 is 11.3 Å². The highest BCUT2D eigenvalue weighted by Crippen LogP contribution is 2.36. The fraction of sp³-hybridized carbons (Fsp3) is 0.583. The molecule has 1 atom stereocenters. The second-order valence-corrected chi connectivity index (χ2v) is 10.0. The Balaban J connectivity index is 1.49. The van der Waals surface area contributed by atoms with Gasteiger partial charge in [-0.15, -0.1) is 11.3 Å². The third kappa shape index (κ3) is 5.85. The number of hydrogen-bond acceptors (Lipinski definition) is 8. The molecule has 0 N–H and O–H groups in total. The number of nitro benzene ring substituents is 1. The Kier molecular flexibility index (Phi) is 7.99. The third-order valence-corrected chi connectivity index (χ3v) is 7.40. The van der Waals surface area contributed by atoms with Gasteiger partial charge in [-0.3, -0.25) is 14.9 Å². The minimum Gasteiger partial charge on any atom is -0.493 e. The van der Waals surface area contributed by atoms with E-state index in [1.54, 1.807) is 10.4 Å². The molecule has 0 spiro atoms. The summed E-state index contributed by atoms with van der Waals surface area (Å²) < 4.78 is 11.2. The molecule has 0 saturated carbocycles. The fourth-order valence-electron chi connectivity index (χ4n) is 4.78. The van der Waals surface area contributed by atoms with E-state index in [1.165, 1.54) is 43.4 Å². The molecule has 34 heavy (non-hydrogen) atoms. The molecule has 2 aromatic rings. The summed E-state index contributed by atoms with van der Waals surface area (Å²) in [5.74, 6) is 1.35. The Bertz CT molecular complexity index is 991. The molecule has 4 rings (SSSR count). The summed E-state index contributed by atoms with van der Waals surface area (Å²) in [5.41, 5.74) is 2.18. The van der Waals surface area contributed by atoms with Gasteiger partial charge in [0.1, 0.15) is 12.2 Å². The van der Waals surface area contributed by atoms with Crippen molar-refractivity contribution in [2.24, 2.45) is 11.8 Å². The lowest BCUT2D eigenvalue weighted by atomic mass is 9.94. The predicted molar refractivity (Wildman–Crippen MR) is 130 cm³/mol. The van der Waals surface area contributed by atoms with Crippen molar-refractivity contribution in [3.05, 3.63) is 44.4 Å². The second-order valence-electron chi connectivity index (χ2n) is 9.29. The number of carbonyl (C=O) groups is 1. The summed E-state index contributed by atoms with van der Waals surface area (Å²) in [5, 5.41) is 13.7. The maximum Gasteiger partial charge on any atom is 0.286 e. The van der Waals surface area contributed by atoms with Gasteiger partial charge < -0.3 is 19.3 Å². The second kappa shape index (κ2) is 11.1. The number of methoxy groups -OCH3 is 1. The first-order chi connectivity index (χ1) is 16.4. The zero-order valence-electron chi connectivity index (χ0n) is 19.8. The Morgan fingerprint density at radius 1 is 1.24 bits per heavy atom. The van der Waals surface area contributed by atoms with E-state index in [1.807, 2.05) is 5.38 Å². The van der Waals surface area contributed by atoms with Gasteiger partial charge in [0, 0.05) is 31.1 Å². The van der Waals surface area contributed by atoms with E-state index in [-0.39, 0.29) is 29.5 Å². The summed E-state index contributed by atoms with van der Waals surface area (Å²) in [6.07, 6.45) is 4.42. The van der Waals surface area contributed by atoms with Crippen LogP contribution in [0.5, 0.6) is 11.5 Å². The molecule has 1 amide bonds. The fourth-order valence-corrected chi connectivity index (χ4v) is 5.33. The van der Waals surface area contributed by atoms with Crippen LogP contribution in [0, 0.1) is 22.0 Å². The van der Waals surface area contributed by atoms with Crippen LogP contribution in [-0.2, 0) is 6.61 Å². The molecule has 184 valence electrons. The van der Waals surface area contributed by atoms with Crippen molar-refractivity contribution in [1.82, 2.24) is 14.8 Å². The van der Waals surface area contributed by atoms with E-state index in [0.29, 0.717) is 24.8 Å². The molecular weight excluding hydrogens is 456 g/mol. The number of ether oxygens (including phenoxy) is 2. The SMILES string of the molecule is COc1cc(C(=O)N2CCCC(CN3CCC(C)CC3)C2)c([N+](=O)[O-])cc1OCc1cscn1. The molecule has 0 aliphatic carbocycles. The van der Waals surface area contributed by atoms with Crippen LogP contribution < -0.4 is 9.47 Å². The highest BCUT2D eigenvalue weighted by molar-refractivity contribution is 7.07. The number of nitrogens with zero attached hydrogens (tertiary/aromatic N) is 4. The molecular formula is C24H32N4O5S. The summed E-state index contributed by atoms with van der Waals surface area (Å²) >= 11 is 1.44. The number of carbonyl (C=O) groups excluding carboxylic acids is 1. The van der Waals surface area contributed by atoms with Gasteiger partial charge in [-0.05, 0) is 50.6 Å². The van der Waals surface area contributed by atoms with E-state index < -0.39 is 4.92 Å². The van der Waals surface area contributed by atoms with E-state index >= 15 is 0 Å². The molecule has 2 aliphatic rings. The van der Waals surface area contributed by atoms with E-state index in [9.17, 15) is 14.9 Å². The Hall–Kier alpha value is -2.72. The minimum atomic E-state index is -0.529. The van der Waals surface area contributed by atoms with Crippen LogP contribution in [0.15, 0.2) is 23.0 Å². The normalized spacial score (nSPS) is 19.7. The molecule has 9 nitrogen and oxygen atoms in total. The van der Waals surface area contributed by atoms with Gasteiger partial charge in [0.15, 0.2) is 11.5 Å². The van der Waals surface area contributed by atoms with Crippen LogP contribution in [0.1, 0.15) is 48.7 Å². The van der Waals surface area contributed by atoms with Gasteiger partial charge in [0.25, 0.3) is 11.6 Å². The highest BCUT2D eigenvalue weighted by atomic mass is 32.1. The number of piperidine rings is 2. The first-order valence-corrected chi connectivity index (χ1v) is 12.8. The number of aromatic nitrogens is 1. The number of amides is 1. The van der Waals surface area contributed by atoms with Gasteiger partial charge in [-0.25, -0.2) is 4.98 Å². The quantitative estimate of drug-likeness (QED) is 0.405. The van der Waals surface area contributed by atoms with Gasteiger partial charge in [-0.2, -0.15) is 0 Å². The lowest BCUT2D eigenvalue weighted by Gasteiger charge is -2.37. The Labute approximate surface area is 203 Å². The Morgan fingerprint density at radius 2 is 2.03 bits per heavy atom. The first-order valence-electron chi connectivity index (χ1n) is 11.8. The van der Waals surface area contributed by atoms with Crippen molar-refractivity contribution in [3.63, 3.8) is 0 Å². The number of likely N-dealkylation sites (tertiary alicyclic amines) is 2. The average Bonchev–Trinajstić information content (AvgIpc) is 3.37. The van der Waals surface area contributed by atoms with Crippen molar-refractivity contribution in [3.8, 4) is 11.5 Å². The zero-order valence-corrected chi connectivity index (χ0v) is 20.6. The van der Waals surface area contributed by atoms with Crippen molar-refractivity contribution in [1.29, 1.82) is 0 Å². The topological polar surface area (TPSA) is 98.0 Å². The molecule has 1 aromatic carbocycles. The molecule has 0 bridgehead atoms. The molecule has 1 unspecified atom stereocenters. The largest absolute Gasteiger partial charge is 0.493 e. The molecule has 2 fully saturated rings. The summed E-state index contributed by atoms with van der Waals surface area (Å²) in [6, 6.07) is 2.72. The van der Waals surface area contributed by atoms with Crippen molar-refractivity contribution in [2.45, 2.75) is 39.2 Å². The van der Waals surface area contributed by atoms with Crippen LogP contribution in [-0.4, -0.2) is 65.4 Å². The molecule has 10 heteroatoms. The van der Waals surface area contributed by atoms with Crippen molar-refractivity contribution in [2.75, 3.05) is 39.8 Å². The first kappa shape index (κ1) is 24.4. The predicted octanol–water partition coefficient (Wildman–Crippen LogP) is 4.22. The van der Waals surface area contributed by atoms with Gasteiger partial charge in [0.2, 0.25) is 0 Å². The Morgan fingerprint density at radius 3 is 2.71 bits per heavy atom. The van der Waals surface area contributed by atoms with Crippen LogP contribution in [0.25, 0.3) is 0 Å². The van der Waals surface area contributed by atoms with Crippen LogP contribution in [0.4, 0.5) is 5.69 Å². The summed E-state index contributed by atoms with van der Waals surface area (Å²) in [7, 11) is 1.46. The van der Waals surface area contributed by atoms with Crippen LogP contribution in [0.2, 0.25) is 0 Å². The standard InChI is InChI=1S/C24H32N4O5S/c1-17-5-8-26(9-6-17)12-18-4-3-7-27(13-18)24(29)20-10-22(32-2)23(11-21(20)28(30)31)33-14-19-15-34-16-25-19/h10-11,15-18H,3-9,12-14H2,1-2H3. The maximum atomic E-state index is 13.4. The molecule has 0 radical (unpaired) electrons. The number of benzene rings is 1. The van der Waals surface area contributed by atoms with Crippen molar-refractivity contribution >= 4 is 22.9 Å². The summed E-state index contributed by atoms with van der Waals surface area (Å²) in [6.45, 7) is 6.88. The third-order valence-electron chi connectivity index (χ3n) is 6.77. The number of thiazole rings is 1. The maximum absolute atomic E-state index is 13.4.